The van der Waals surface area contributed by atoms with Crippen molar-refractivity contribution in [2.24, 2.45) is 0 Å². The molecule has 2 aromatic rings. The Hall–Kier alpha value is -2.69. The van der Waals surface area contributed by atoms with Crippen LogP contribution < -0.4 is 20.1 Å². The first-order chi connectivity index (χ1) is 15.2. The van der Waals surface area contributed by atoms with E-state index >= 15 is 0 Å². The van der Waals surface area contributed by atoms with Gasteiger partial charge in [-0.3, -0.25) is 0 Å². The van der Waals surface area contributed by atoms with Crippen LogP contribution in [-0.2, 0) is 12.8 Å². The zero-order chi connectivity index (χ0) is 23.5. The smallest absolute Gasteiger partial charge is 0.315 e. The molecule has 0 radical (unpaired) electrons. The van der Waals surface area contributed by atoms with Crippen LogP contribution in [0, 0.1) is 0 Å². The van der Waals surface area contributed by atoms with Gasteiger partial charge in [0.1, 0.15) is 11.5 Å². The molecular formula is C27H40N2O3. The summed E-state index contributed by atoms with van der Waals surface area (Å²) in [5.41, 5.74) is 2.49. The van der Waals surface area contributed by atoms with Gasteiger partial charge in [-0.15, -0.1) is 0 Å². The van der Waals surface area contributed by atoms with Gasteiger partial charge in [0.05, 0.1) is 12.2 Å². The Balaban J connectivity index is 1.66. The van der Waals surface area contributed by atoms with Crippen molar-refractivity contribution in [1.82, 2.24) is 10.6 Å². The molecule has 5 nitrogen and oxygen atoms in total. The van der Waals surface area contributed by atoms with E-state index in [4.69, 9.17) is 9.47 Å². The van der Waals surface area contributed by atoms with Crippen LogP contribution in [0.2, 0.25) is 0 Å². The lowest BCUT2D eigenvalue weighted by Gasteiger charge is -2.18. The zero-order valence-electron chi connectivity index (χ0n) is 20.5. The van der Waals surface area contributed by atoms with Gasteiger partial charge in [-0.1, -0.05) is 24.3 Å². The third-order valence-electron chi connectivity index (χ3n) is 5.08. The fraction of sp³-hybridized carbons (Fsp3) is 0.519. The molecule has 2 atom stereocenters. The molecule has 0 aliphatic rings. The highest BCUT2D eigenvalue weighted by molar-refractivity contribution is 5.74. The number of hydrogen-bond donors (Lipinski definition) is 2. The number of rotatable bonds is 12. The Labute approximate surface area is 193 Å². The molecule has 2 N–H and O–H groups in total. The summed E-state index contributed by atoms with van der Waals surface area (Å²) < 4.78 is 11.4. The zero-order valence-corrected chi connectivity index (χ0v) is 20.5. The summed E-state index contributed by atoms with van der Waals surface area (Å²) in [6, 6.07) is 16.5. The number of urea groups is 1. The summed E-state index contributed by atoms with van der Waals surface area (Å²) in [4.78, 5) is 12.3. The molecule has 0 aliphatic carbocycles. The molecule has 0 unspecified atom stereocenters. The maximum absolute atomic E-state index is 12.3. The second-order valence-electron chi connectivity index (χ2n) is 9.12. The summed E-state index contributed by atoms with van der Waals surface area (Å²) in [6.45, 7) is 12.2. The van der Waals surface area contributed by atoms with Crippen LogP contribution in [-0.4, -0.2) is 30.3 Å². The van der Waals surface area contributed by atoms with Gasteiger partial charge in [-0.25, -0.2) is 4.79 Å². The SMILES string of the molecule is CC(C)Oc1ccc(CC[C@@H](C)NC(=O)N[C@H](C)CCc2ccc(OC(C)C)cc2)cc1. The summed E-state index contributed by atoms with van der Waals surface area (Å²) >= 11 is 0. The molecule has 0 saturated heterocycles. The predicted octanol–water partition coefficient (Wildman–Crippen LogP) is 5.90. The van der Waals surface area contributed by atoms with E-state index in [0.717, 1.165) is 37.2 Å². The van der Waals surface area contributed by atoms with Crippen molar-refractivity contribution in [1.29, 1.82) is 0 Å². The molecule has 0 spiro atoms. The van der Waals surface area contributed by atoms with E-state index in [1.165, 1.54) is 11.1 Å². The first kappa shape index (κ1) is 25.6. The van der Waals surface area contributed by atoms with E-state index in [1.807, 2.05) is 65.8 Å². The Morgan fingerprint density at radius 3 is 1.31 bits per heavy atom. The van der Waals surface area contributed by atoms with Gasteiger partial charge in [0, 0.05) is 12.1 Å². The quantitative estimate of drug-likeness (QED) is 0.432. The molecule has 0 fully saturated rings. The maximum atomic E-state index is 12.3. The Bertz CT molecular complexity index is 733. The molecule has 0 aliphatic heterocycles. The van der Waals surface area contributed by atoms with Crippen LogP contribution >= 0.6 is 0 Å². The van der Waals surface area contributed by atoms with Crippen molar-refractivity contribution >= 4 is 6.03 Å². The van der Waals surface area contributed by atoms with E-state index < -0.39 is 0 Å². The van der Waals surface area contributed by atoms with E-state index in [-0.39, 0.29) is 30.3 Å². The number of nitrogens with one attached hydrogen (secondary N) is 2. The fourth-order valence-electron chi connectivity index (χ4n) is 3.41. The molecule has 0 heterocycles. The Morgan fingerprint density at radius 1 is 0.656 bits per heavy atom. The second kappa shape index (κ2) is 13.0. The van der Waals surface area contributed by atoms with Gasteiger partial charge in [0.15, 0.2) is 0 Å². The molecule has 0 aromatic heterocycles. The normalized spacial score (nSPS) is 13.0. The number of ether oxygens (including phenoxy) is 2. The van der Waals surface area contributed by atoms with Gasteiger partial charge >= 0.3 is 6.03 Å². The van der Waals surface area contributed by atoms with Gasteiger partial charge < -0.3 is 20.1 Å². The monoisotopic (exact) mass is 440 g/mol. The molecule has 0 saturated carbocycles. The lowest BCUT2D eigenvalue weighted by atomic mass is 10.1. The van der Waals surface area contributed by atoms with Gasteiger partial charge in [0.25, 0.3) is 0 Å². The summed E-state index contributed by atoms with van der Waals surface area (Å²) in [5.74, 6) is 1.78. The van der Waals surface area contributed by atoms with E-state index in [0.29, 0.717) is 0 Å². The van der Waals surface area contributed by atoms with Crippen molar-refractivity contribution in [2.75, 3.05) is 0 Å². The van der Waals surface area contributed by atoms with Gasteiger partial charge in [0.2, 0.25) is 0 Å². The second-order valence-corrected chi connectivity index (χ2v) is 9.12. The molecule has 2 aromatic carbocycles. The number of carbonyl (C=O) groups excluding carboxylic acids is 1. The fourth-order valence-corrected chi connectivity index (χ4v) is 3.41. The van der Waals surface area contributed by atoms with Crippen molar-refractivity contribution < 1.29 is 14.3 Å². The van der Waals surface area contributed by atoms with Crippen LogP contribution in [0.4, 0.5) is 4.79 Å². The largest absolute Gasteiger partial charge is 0.491 e. The highest BCUT2D eigenvalue weighted by Crippen LogP contribution is 2.16. The number of aryl methyl sites for hydroxylation is 2. The predicted molar refractivity (Wildman–Crippen MR) is 132 cm³/mol. The van der Waals surface area contributed by atoms with Crippen LogP contribution in [0.3, 0.4) is 0 Å². The Kier molecular flexibility index (Phi) is 10.4. The summed E-state index contributed by atoms with van der Waals surface area (Å²) in [7, 11) is 0. The first-order valence-corrected chi connectivity index (χ1v) is 11.8. The average molecular weight is 441 g/mol. The molecule has 5 heteroatoms. The van der Waals surface area contributed by atoms with E-state index in [9.17, 15) is 4.79 Å². The van der Waals surface area contributed by atoms with Crippen LogP contribution in [0.5, 0.6) is 11.5 Å². The maximum Gasteiger partial charge on any atom is 0.315 e. The van der Waals surface area contributed by atoms with Crippen LogP contribution in [0.15, 0.2) is 48.5 Å². The third kappa shape index (κ3) is 10.1. The topological polar surface area (TPSA) is 59.6 Å². The lowest BCUT2D eigenvalue weighted by molar-refractivity contribution is 0.233. The van der Waals surface area contributed by atoms with Gasteiger partial charge in [-0.05, 0) is 103 Å². The minimum Gasteiger partial charge on any atom is -0.491 e. The number of benzene rings is 2. The first-order valence-electron chi connectivity index (χ1n) is 11.8. The highest BCUT2D eigenvalue weighted by Gasteiger charge is 2.11. The van der Waals surface area contributed by atoms with Crippen LogP contribution in [0.25, 0.3) is 0 Å². The van der Waals surface area contributed by atoms with Gasteiger partial charge in [-0.2, -0.15) is 0 Å². The molecule has 32 heavy (non-hydrogen) atoms. The summed E-state index contributed by atoms with van der Waals surface area (Å²) in [6.07, 6.45) is 3.95. The minimum absolute atomic E-state index is 0.0993. The standard InChI is InChI=1S/C27H40N2O3/c1-19(2)31-25-15-11-23(12-16-25)9-7-21(5)28-27(30)29-22(6)8-10-24-13-17-26(18-14-24)32-20(3)4/h11-22H,7-10H2,1-6H3,(H2,28,29,30)/t21-,22-/m1/s1. The average Bonchev–Trinajstić information content (AvgIpc) is 2.72. The number of hydrogen-bond acceptors (Lipinski definition) is 3. The van der Waals surface area contributed by atoms with E-state index in [1.54, 1.807) is 0 Å². The number of carbonyl (C=O) groups is 1. The summed E-state index contributed by atoms with van der Waals surface area (Å²) in [5, 5.41) is 6.10. The van der Waals surface area contributed by atoms with Crippen LogP contribution in [0.1, 0.15) is 65.5 Å². The van der Waals surface area contributed by atoms with Crippen molar-refractivity contribution in [3.63, 3.8) is 0 Å². The molecular weight excluding hydrogens is 400 g/mol. The van der Waals surface area contributed by atoms with Crippen molar-refractivity contribution in [3.05, 3.63) is 59.7 Å². The van der Waals surface area contributed by atoms with Crippen molar-refractivity contribution in [2.45, 2.75) is 91.5 Å². The Morgan fingerprint density at radius 2 is 1.00 bits per heavy atom. The highest BCUT2D eigenvalue weighted by atomic mass is 16.5. The minimum atomic E-state index is -0.105. The third-order valence-corrected chi connectivity index (χ3v) is 5.08. The number of amides is 2. The van der Waals surface area contributed by atoms with Crippen molar-refractivity contribution in [3.8, 4) is 11.5 Å². The lowest BCUT2D eigenvalue weighted by Crippen LogP contribution is -2.44. The molecule has 2 amide bonds. The van der Waals surface area contributed by atoms with E-state index in [2.05, 4.69) is 34.9 Å². The molecule has 176 valence electrons. The molecule has 0 bridgehead atoms. The molecule has 2 rings (SSSR count).